The minimum atomic E-state index is -1.12. The summed E-state index contributed by atoms with van der Waals surface area (Å²) in [6.07, 6.45) is 2.08. The van der Waals surface area contributed by atoms with E-state index >= 15 is 0 Å². The topological polar surface area (TPSA) is 59.7 Å². The standard InChI is InChI=1S/C38H32P2Si.3CO.Cr/c1-5-19-33(20-6-1)39(34-21-7-2-8-22-34)29-31-17-13-15-27-37(31)41-38-28-16-14-18-32(38)30-40(35-23-9-3-10-24-35)36-25-11-4-12-26-36;3*1-2;/h1-28H,29-30H2;;;;. The zero-order chi connectivity index (χ0) is 34.6. The summed E-state index contributed by atoms with van der Waals surface area (Å²) in [7, 11) is -1.03. The Balaban J connectivity index is 0.000000987. The molecular formula is C41H32CrO3P2Si. The normalized spacial score (nSPS) is 9.83. The number of rotatable bonds is 10. The third-order valence-electron chi connectivity index (χ3n) is 7.45. The van der Waals surface area contributed by atoms with Crippen LogP contribution in [0.4, 0.5) is 0 Å². The van der Waals surface area contributed by atoms with Gasteiger partial charge in [-0.3, -0.25) is 0 Å². The summed E-state index contributed by atoms with van der Waals surface area (Å²) in [6.45, 7) is 12.4. The van der Waals surface area contributed by atoms with Crippen molar-refractivity contribution in [3.8, 4) is 0 Å². The second kappa shape index (κ2) is 21.9. The predicted molar refractivity (Wildman–Crippen MR) is 195 cm³/mol. The minimum absolute atomic E-state index is 0.514. The molecule has 0 aliphatic heterocycles. The van der Waals surface area contributed by atoms with Crippen LogP contribution in [-0.2, 0) is 41.4 Å². The first-order valence-electron chi connectivity index (χ1n) is 14.8. The number of benzene rings is 6. The van der Waals surface area contributed by atoms with Crippen molar-refractivity contribution in [2.24, 2.45) is 0 Å². The molecule has 0 N–H and O–H groups in total. The Morgan fingerprint density at radius 1 is 0.375 bits per heavy atom. The van der Waals surface area contributed by atoms with Crippen molar-refractivity contribution < 1.29 is 29.1 Å². The van der Waals surface area contributed by atoms with Gasteiger partial charge in [0.2, 0.25) is 0 Å². The monoisotopic (exact) mass is 714 g/mol. The van der Waals surface area contributed by atoms with Gasteiger partial charge in [-0.2, -0.15) is 0 Å². The molecule has 0 saturated heterocycles. The fourth-order valence-corrected chi connectivity index (χ4v) is 13.9. The fourth-order valence-electron chi connectivity index (χ4n) is 5.34. The van der Waals surface area contributed by atoms with Crippen LogP contribution in [0.3, 0.4) is 0 Å². The van der Waals surface area contributed by atoms with E-state index in [-0.39, 0.29) is 0 Å². The molecule has 0 aromatic heterocycles. The average molecular weight is 715 g/mol. The summed E-state index contributed by atoms with van der Waals surface area (Å²) >= 11 is 3.71. The zero-order valence-corrected chi connectivity index (χ0v) is 30.2. The van der Waals surface area contributed by atoms with Crippen molar-refractivity contribution in [1.29, 1.82) is 0 Å². The molecule has 3 nitrogen and oxygen atoms in total. The van der Waals surface area contributed by atoms with Crippen molar-refractivity contribution in [3.63, 3.8) is 0 Å². The van der Waals surface area contributed by atoms with Gasteiger partial charge in [-0.1, -0.05) is 0 Å². The van der Waals surface area contributed by atoms with Gasteiger partial charge < -0.3 is 0 Å². The molecule has 0 radical (unpaired) electrons. The van der Waals surface area contributed by atoms with Crippen molar-refractivity contribution in [2.45, 2.75) is 12.3 Å². The molecular weight excluding hydrogens is 682 g/mol. The molecule has 48 heavy (non-hydrogen) atoms. The van der Waals surface area contributed by atoms with Crippen LogP contribution in [0.5, 0.6) is 0 Å². The van der Waals surface area contributed by atoms with E-state index in [1.807, 2.05) is 0 Å². The average Bonchev–Trinajstić information content (AvgIpc) is 3.20. The van der Waals surface area contributed by atoms with Crippen LogP contribution in [0.25, 0.3) is 0 Å². The molecule has 0 aliphatic carbocycles. The van der Waals surface area contributed by atoms with Crippen LogP contribution < -0.4 is 31.6 Å². The van der Waals surface area contributed by atoms with Gasteiger partial charge in [-0.25, -0.2) is 0 Å². The quantitative estimate of drug-likeness (QED) is 0.0675. The van der Waals surface area contributed by atoms with Crippen molar-refractivity contribution in [1.82, 2.24) is 0 Å². The van der Waals surface area contributed by atoms with Crippen LogP contribution in [-0.4, -0.2) is 6.90 Å². The molecule has 0 saturated carbocycles. The molecule has 234 valence electrons. The van der Waals surface area contributed by atoms with Gasteiger partial charge in [-0.15, -0.1) is 0 Å². The maximum atomic E-state index is 7.50. The molecule has 6 aromatic carbocycles. The SMILES string of the molecule is [C-]#[O+].[C-]#[O+].[C-]#[O+].[Cr]=[Si](c1ccccc1CP(c1ccccc1)c1ccccc1)c1ccccc1CP(c1ccccc1)c1ccccc1. The molecule has 0 fully saturated rings. The van der Waals surface area contributed by atoms with Crippen LogP contribution in [0.1, 0.15) is 11.1 Å². The Morgan fingerprint density at radius 2 is 0.604 bits per heavy atom. The first kappa shape index (κ1) is 38.6. The molecule has 0 spiro atoms. The maximum absolute atomic E-state index is 7.50. The van der Waals surface area contributed by atoms with Gasteiger partial charge in [0.1, 0.15) is 0 Å². The first-order valence-corrected chi connectivity index (χ1v) is 21.2. The van der Waals surface area contributed by atoms with Gasteiger partial charge in [0.05, 0.1) is 0 Å². The summed E-state index contributed by atoms with van der Waals surface area (Å²) in [6, 6.07) is 62.6. The van der Waals surface area contributed by atoms with Crippen molar-refractivity contribution in [3.05, 3.63) is 201 Å². The predicted octanol–water partition coefficient (Wildman–Crippen LogP) is 6.49. The molecule has 0 unspecified atom stereocenters. The molecule has 7 heteroatoms. The third-order valence-corrected chi connectivity index (χ3v) is 16.5. The second-order valence-corrected chi connectivity index (χ2v) is 18.2. The Bertz CT molecular complexity index is 1670. The molecule has 6 aromatic rings. The van der Waals surface area contributed by atoms with E-state index in [2.05, 4.69) is 205 Å². The summed E-state index contributed by atoms with van der Waals surface area (Å²) in [5, 5.41) is 8.69. The van der Waals surface area contributed by atoms with E-state index < -0.39 is 22.7 Å². The summed E-state index contributed by atoms with van der Waals surface area (Å²) in [5.41, 5.74) is 2.93. The molecule has 0 aliphatic rings. The Hall–Kier alpha value is -3.85. The van der Waals surface area contributed by atoms with Crippen LogP contribution in [0.2, 0.25) is 0 Å². The van der Waals surface area contributed by atoms with Gasteiger partial charge in [-0.05, 0) is 0 Å². The van der Waals surface area contributed by atoms with E-state index in [4.69, 9.17) is 14.0 Å². The van der Waals surface area contributed by atoms with Crippen LogP contribution in [0, 0.1) is 20.0 Å². The number of hydrogen-bond acceptors (Lipinski definition) is 0. The van der Waals surface area contributed by atoms with Gasteiger partial charge in [0.15, 0.2) is 0 Å². The Kier molecular flexibility index (Phi) is 17.6. The third kappa shape index (κ3) is 10.6. The summed E-state index contributed by atoms with van der Waals surface area (Å²) in [4.78, 5) is 0. The van der Waals surface area contributed by atoms with Gasteiger partial charge in [0, 0.05) is 0 Å². The van der Waals surface area contributed by atoms with Crippen molar-refractivity contribution in [2.75, 3.05) is 0 Å². The summed E-state index contributed by atoms with van der Waals surface area (Å²) in [5.74, 6) is 0. The van der Waals surface area contributed by atoms with Crippen molar-refractivity contribution >= 4 is 54.3 Å². The van der Waals surface area contributed by atoms with Gasteiger partial charge >= 0.3 is 297 Å². The van der Waals surface area contributed by atoms with Gasteiger partial charge in [0.25, 0.3) is 0 Å². The van der Waals surface area contributed by atoms with Crippen LogP contribution >= 0.6 is 15.8 Å². The van der Waals surface area contributed by atoms with E-state index in [0.717, 1.165) is 12.3 Å². The summed E-state index contributed by atoms with van der Waals surface area (Å²) < 4.78 is 22.5. The van der Waals surface area contributed by atoms with E-state index in [0.29, 0.717) is 0 Å². The van der Waals surface area contributed by atoms with E-state index in [1.165, 1.54) is 42.7 Å². The van der Waals surface area contributed by atoms with E-state index in [9.17, 15) is 0 Å². The number of hydrogen-bond donors (Lipinski definition) is 0. The molecule has 6 rings (SSSR count). The molecule has 0 amide bonds. The second-order valence-electron chi connectivity index (χ2n) is 10.2. The Morgan fingerprint density at radius 3 is 0.875 bits per heavy atom. The Labute approximate surface area is 295 Å². The van der Waals surface area contributed by atoms with Crippen LogP contribution in [0.15, 0.2) is 170 Å². The van der Waals surface area contributed by atoms with E-state index in [1.54, 1.807) is 0 Å². The molecule has 0 bridgehead atoms. The molecule has 0 atom stereocenters. The fraction of sp³-hybridized carbons (Fsp3) is 0.0488. The first-order chi connectivity index (χ1) is 23.8. The zero-order valence-electron chi connectivity index (χ0n) is 26.1. The molecule has 0 heterocycles.